The molecule has 0 aliphatic carbocycles. The molecule has 1 aromatic heterocycles. The molecule has 0 bridgehead atoms. The Balaban J connectivity index is 1.68. The first kappa shape index (κ1) is 19.7. The molecule has 6 heteroatoms. The van der Waals surface area contributed by atoms with Gasteiger partial charge in [-0.3, -0.25) is 9.59 Å². The normalized spacial score (nSPS) is 16.2. The number of hydrogen-bond acceptors (Lipinski definition) is 3. The molecule has 3 aromatic rings. The summed E-state index contributed by atoms with van der Waals surface area (Å²) in [5.74, 6) is -1.05. The molecule has 2 aromatic carbocycles. The van der Waals surface area contributed by atoms with Crippen molar-refractivity contribution in [3.8, 4) is 10.4 Å². The van der Waals surface area contributed by atoms with E-state index in [0.29, 0.717) is 22.9 Å². The van der Waals surface area contributed by atoms with Crippen molar-refractivity contribution in [1.82, 2.24) is 0 Å². The zero-order valence-corrected chi connectivity index (χ0v) is 17.2. The second-order valence-electron chi connectivity index (χ2n) is 7.13. The van der Waals surface area contributed by atoms with Gasteiger partial charge in [0.15, 0.2) is 0 Å². The van der Waals surface area contributed by atoms with Gasteiger partial charge in [-0.05, 0) is 60.2 Å². The number of fused-ring (bicyclic) bond motifs is 1. The zero-order chi connectivity index (χ0) is 20.4. The minimum absolute atomic E-state index is 0.0343. The van der Waals surface area contributed by atoms with Crippen LogP contribution in [0.1, 0.15) is 40.4 Å². The predicted octanol–water partition coefficient (Wildman–Crippen LogP) is 6.07. The van der Waals surface area contributed by atoms with Crippen LogP contribution >= 0.6 is 22.9 Å². The summed E-state index contributed by atoms with van der Waals surface area (Å²) in [4.78, 5) is 28.2. The number of carbonyl (C=O) groups excluding carboxylic acids is 1. The first-order valence-electron chi connectivity index (χ1n) is 9.51. The summed E-state index contributed by atoms with van der Waals surface area (Å²) < 4.78 is 0. The molecule has 0 fully saturated rings. The second-order valence-corrected chi connectivity index (χ2v) is 8.65. The highest BCUT2D eigenvalue weighted by molar-refractivity contribution is 7.17. The van der Waals surface area contributed by atoms with Crippen LogP contribution in [0.3, 0.4) is 0 Å². The summed E-state index contributed by atoms with van der Waals surface area (Å²) in [6, 6.07) is 19.2. The molecular weight excluding hydrogens is 406 g/mol. The van der Waals surface area contributed by atoms with Crippen LogP contribution in [0.2, 0.25) is 5.02 Å². The molecule has 0 saturated heterocycles. The molecule has 1 N–H and O–H groups in total. The lowest BCUT2D eigenvalue weighted by molar-refractivity contribution is -0.137. The molecule has 0 spiro atoms. The number of carboxylic acids is 1. The fraction of sp³-hybridized carbons (Fsp3) is 0.217. The number of nitrogens with zero attached hydrogens (tertiary/aromatic N) is 1. The third-order valence-electron chi connectivity index (χ3n) is 5.20. The molecule has 4 nitrogen and oxygen atoms in total. The van der Waals surface area contributed by atoms with Crippen LogP contribution in [0.15, 0.2) is 60.7 Å². The summed E-state index contributed by atoms with van der Waals surface area (Å²) >= 11 is 7.67. The van der Waals surface area contributed by atoms with Gasteiger partial charge in [0, 0.05) is 22.1 Å². The van der Waals surface area contributed by atoms with E-state index in [0.717, 1.165) is 28.1 Å². The largest absolute Gasteiger partial charge is 0.481 e. The SMILES string of the molecule is O=C(O)CC1CCCN(C(=O)c2ccc(-c3ccccc3)s2)c2ccc(Cl)cc21. The van der Waals surface area contributed by atoms with Crippen LogP contribution in [-0.2, 0) is 4.79 Å². The third-order valence-corrected chi connectivity index (χ3v) is 6.55. The summed E-state index contributed by atoms with van der Waals surface area (Å²) in [6.07, 6.45) is 1.49. The van der Waals surface area contributed by atoms with Crippen LogP contribution in [-0.4, -0.2) is 23.5 Å². The van der Waals surface area contributed by atoms with Gasteiger partial charge in [0.1, 0.15) is 0 Å². The summed E-state index contributed by atoms with van der Waals surface area (Å²) in [6.45, 7) is 0.558. The van der Waals surface area contributed by atoms with E-state index in [4.69, 9.17) is 11.6 Å². The Bertz CT molecular complexity index is 1050. The number of carboxylic acid groups (broad SMARTS) is 1. The van der Waals surface area contributed by atoms with Gasteiger partial charge < -0.3 is 10.0 Å². The molecule has 1 aliphatic heterocycles. The van der Waals surface area contributed by atoms with Crippen molar-refractivity contribution >= 4 is 40.5 Å². The van der Waals surface area contributed by atoms with Crippen LogP contribution in [0.4, 0.5) is 5.69 Å². The predicted molar refractivity (Wildman–Crippen MR) is 117 cm³/mol. The number of halogens is 1. The third kappa shape index (κ3) is 4.21. The maximum absolute atomic E-state index is 13.4. The molecule has 4 rings (SSSR count). The van der Waals surface area contributed by atoms with Gasteiger partial charge >= 0.3 is 5.97 Å². The van der Waals surface area contributed by atoms with Gasteiger partial charge in [-0.25, -0.2) is 0 Å². The molecule has 1 unspecified atom stereocenters. The minimum atomic E-state index is -0.841. The zero-order valence-electron chi connectivity index (χ0n) is 15.7. The van der Waals surface area contributed by atoms with Crippen molar-refractivity contribution in [2.45, 2.75) is 25.2 Å². The fourth-order valence-corrected chi connectivity index (χ4v) is 4.99. The Morgan fingerprint density at radius 1 is 1.10 bits per heavy atom. The van der Waals surface area contributed by atoms with Crippen molar-refractivity contribution in [1.29, 1.82) is 0 Å². The van der Waals surface area contributed by atoms with Gasteiger partial charge in [0.2, 0.25) is 0 Å². The lowest BCUT2D eigenvalue weighted by atomic mass is 9.91. The smallest absolute Gasteiger partial charge is 0.303 e. The molecule has 148 valence electrons. The van der Waals surface area contributed by atoms with E-state index in [1.54, 1.807) is 17.0 Å². The summed E-state index contributed by atoms with van der Waals surface area (Å²) in [5.41, 5.74) is 2.68. The number of rotatable bonds is 4. The van der Waals surface area contributed by atoms with Gasteiger partial charge in [-0.1, -0.05) is 41.9 Å². The first-order valence-corrected chi connectivity index (χ1v) is 10.7. The molecular formula is C23H20ClNO3S. The highest BCUT2D eigenvalue weighted by Gasteiger charge is 2.29. The van der Waals surface area contributed by atoms with E-state index >= 15 is 0 Å². The van der Waals surface area contributed by atoms with E-state index < -0.39 is 5.97 Å². The average molecular weight is 426 g/mol. The summed E-state index contributed by atoms with van der Waals surface area (Å²) in [7, 11) is 0. The van der Waals surface area contributed by atoms with Crippen molar-refractivity contribution in [3.63, 3.8) is 0 Å². The van der Waals surface area contributed by atoms with Gasteiger partial charge in [-0.15, -0.1) is 11.3 Å². The van der Waals surface area contributed by atoms with E-state index in [1.807, 2.05) is 48.5 Å². The highest BCUT2D eigenvalue weighted by Crippen LogP contribution is 2.39. The molecule has 2 heterocycles. The summed E-state index contributed by atoms with van der Waals surface area (Å²) in [5, 5.41) is 9.86. The van der Waals surface area contributed by atoms with E-state index in [9.17, 15) is 14.7 Å². The number of anilines is 1. The van der Waals surface area contributed by atoms with Crippen LogP contribution in [0.25, 0.3) is 10.4 Å². The Morgan fingerprint density at radius 3 is 2.66 bits per heavy atom. The van der Waals surface area contributed by atoms with Gasteiger partial charge in [0.05, 0.1) is 11.3 Å². The van der Waals surface area contributed by atoms with E-state index in [1.165, 1.54) is 11.3 Å². The Kier molecular flexibility index (Phi) is 5.69. The topological polar surface area (TPSA) is 57.6 Å². The van der Waals surface area contributed by atoms with Crippen LogP contribution in [0.5, 0.6) is 0 Å². The Labute approximate surface area is 178 Å². The fourth-order valence-electron chi connectivity index (χ4n) is 3.85. The Hall–Kier alpha value is -2.63. The molecule has 0 radical (unpaired) electrons. The first-order chi connectivity index (χ1) is 14.0. The average Bonchev–Trinajstić information content (AvgIpc) is 3.14. The maximum Gasteiger partial charge on any atom is 0.303 e. The quantitative estimate of drug-likeness (QED) is 0.552. The van der Waals surface area contributed by atoms with Gasteiger partial charge in [0.25, 0.3) is 5.91 Å². The molecule has 1 atom stereocenters. The van der Waals surface area contributed by atoms with Crippen LogP contribution < -0.4 is 4.90 Å². The van der Waals surface area contributed by atoms with Crippen molar-refractivity contribution in [2.24, 2.45) is 0 Å². The maximum atomic E-state index is 13.4. The number of carbonyl (C=O) groups is 2. The second kappa shape index (κ2) is 8.39. The minimum Gasteiger partial charge on any atom is -0.481 e. The number of aliphatic carboxylic acids is 1. The molecule has 0 saturated carbocycles. The standard InChI is InChI=1S/C23H20ClNO3S/c24-17-8-9-19-18(14-17)16(13-22(26)27)7-4-12-25(19)23(28)21-11-10-20(29-21)15-5-2-1-3-6-15/h1-3,5-6,8-11,14,16H,4,7,12-13H2,(H,26,27). The molecule has 1 amide bonds. The van der Waals surface area contributed by atoms with Crippen LogP contribution in [0, 0.1) is 0 Å². The Morgan fingerprint density at radius 2 is 1.90 bits per heavy atom. The van der Waals surface area contributed by atoms with Crippen molar-refractivity contribution in [2.75, 3.05) is 11.4 Å². The lowest BCUT2D eigenvalue weighted by Gasteiger charge is -2.23. The van der Waals surface area contributed by atoms with Gasteiger partial charge in [-0.2, -0.15) is 0 Å². The monoisotopic (exact) mass is 425 g/mol. The van der Waals surface area contributed by atoms with Crippen molar-refractivity contribution in [3.05, 3.63) is 76.1 Å². The highest BCUT2D eigenvalue weighted by atomic mass is 35.5. The van der Waals surface area contributed by atoms with Crippen molar-refractivity contribution < 1.29 is 14.7 Å². The number of hydrogen-bond donors (Lipinski definition) is 1. The molecule has 29 heavy (non-hydrogen) atoms. The van der Waals surface area contributed by atoms with E-state index in [2.05, 4.69) is 0 Å². The van der Waals surface area contributed by atoms with E-state index in [-0.39, 0.29) is 18.2 Å². The number of benzene rings is 2. The molecule has 1 aliphatic rings. The number of amides is 1. The lowest BCUT2D eigenvalue weighted by Crippen LogP contribution is -2.31. The number of thiophene rings is 1.